The van der Waals surface area contributed by atoms with Gasteiger partial charge in [-0.05, 0) is 41.7 Å². The number of carbonyl (C=O) groups excluding carboxylic acids is 1. The fourth-order valence-electron chi connectivity index (χ4n) is 5.16. The highest BCUT2D eigenvalue weighted by Gasteiger charge is 2.51. The molecule has 0 bridgehead atoms. The van der Waals surface area contributed by atoms with Crippen molar-refractivity contribution in [1.82, 2.24) is 0 Å². The van der Waals surface area contributed by atoms with Crippen molar-refractivity contribution < 1.29 is 18.7 Å². The molecule has 2 atom stereocenters. The molecule has 198 valence electrons. The van der Waals surface area contributed by atoms with Crippen LogP contribution in [0.3, 0.4) is 0 Å². The lowest BCUT2D eigenvalue weighted by molar-refractivity contribution is -0.168. The summed E-state index contributed by atoms with van der Waals surface area (Å²) in [4.78, 5) is 13.4. The van der Waals surface area contributed by atoms with E-state index in [2.05, 4.69) is 88.4 Å². The van der Waals surface area contributed by atoms with E-state index in [0.717, 1.165) is 5.56 Å². The Morgan fingerprint density at radius 2 is 1.19 bits per heavy atom. The van der Waals surface area contributed by atoms with Gasteiger partial charge >= 0.3 is 0 Å². The first kappa shape index (κ1) is 29.0. The molecule has 0 radical (unpaired) electrons. The SMILES string of the molecule is CCOC(OCC)C(=O)C[C@H](c1ccccc1)[C@H](C)O[Si](c1ccccc1)(c1ccccc1)C(C)(C)C. The summed E-state index contributed by atoms with van der Waals surface area (Å²) in [6.07, 6.45) is -0.823. The van der Waals surface area contributed by atoms with E-state index in [1.54, 1.807) is 0 Å². The van der Waals surface area contributed by atoms with Gasteiger partial charge in [0.05, 0.1) is 6.10 Å². The van der Waals surface area contributed by atoms with E-state index in [0.29, 0.717) is 13.2 Å². The number of ether oxygens (including phenoxy) is 2. The van der Waals surface area contributed by atoms with Crippen molar-refractivity contribution >= 4 is 24.5 Å². The highest BCUT2D eigenvalue weighted by atomic mass is 28.4. The quantitative estimate of drug-likeness (QED) is 0.203. The highest BCUT2D eigenvalue weighted by molar-refractivity contribution is 6.99. The number of hydrogen-bond acceptors (Lipinski definition) is 4. The maximum atomic E-state index is 13.4. The van der Waals surface area contributed by atoms with Gasteiger partial charge in [-0.15, -0.1) is 0 Å². The summed E-state index contributed by atoms with van der Waals surface area (Å²) in [5.41, 5.74) is 1.08. The van der Waals surface area contributed by atoms with Crippen LogP contribution in [0.25, 0.3) is 0 Å². The van der Waals surface area contributed by atoms with Crippen LogP contribution in [-0.4, -0.2) is 39.7 Å². The molecule has 0 fully saturated rings. The van der Waals surface area contributed by atoms with Gasteiger partial charge < -0.3 is 13.9 Å². The van der Waals surface area contributed by atoms with Gasteiger partial charge in [0, 0.05) is 25.6 Å². The van der Waals surface area contributed by atoms with Crippen LogP contribution >= 0.6 is 0 Å². The molecule has 0 unspecified atom stereocenters. The Kier molecular flexibility index (Phi) is 10.4. The second-order valence-corrected chi connectivity index (χ2v) is 14.7. The zero-order chi connectivity index (χ0) is 26.9. The zero-order valence-electron chi connectivity index (χ0n) is 23.1. The van der Waals surface area contributed by atoms with Gasteiger partial charge in [-0.25, -0.2) is 0 Å². The Balaban J connectivity index is 2.08. The Hall–Kier alpha value is -2.57. The van der Waals surface area contributed by atoms with Crippen molar-refractivity contribution in [3.63, 3.8) is 0 Å². The Morgan fingerprint density at radius 3 is 1.59 bits per heavy atom. The lowest BCUT2D eigenvalue weighted by Crippen LogP contribution is -2.67. The van der Waals surface area contributed by atoms with Crippen molar-refractivity contribution in [2.75, 3.05) is 13.2 Å². The van der Waals surface area contributed by atoms with Gasteiger partial charge in [-0.2, -0.15) is 0 Å². The number of benzene rings is 3. The first-order valence-corrected chi connectivity index (χ1v) is 15.2. The first-order valence-electron chi connectivity index (χ1n) is 13.3. The molecule has 0 aromatic heterocycles. The number of carbonyl (C=O) groups is 1. The van der Waals surface area contributed by atoms with E-state index in [9.17, 15) is 4.79 Å². The number of ketones is 1. The smallest absolute Gasteiger partial charge is 0.261 e. The number of hydrogen-bond donors (Lipinski definition) is 0. The van der Waals surface area contributed by atoms with Gasteiger partial charge in [-0.3, -0.25) is 4.79 Å². The Bertz CT molecular complexity index is 1030. The van der Waals surface area contributed by atoms with Gasteiger partial charge in [0.2, 0.25) is 6.29 Å². The molecular formula is C32H42O4Si. The van der Waals surface area contributed by atoms with E-state index in [4.69, 9.17) is 13.9 Å². The predicted octanol–water partition coefficient (Wildman–Crippen LogP) is 6.09. The largest absolute Gasteiger partial charge is 0.404 e. The van der Waals surface area contributed by atoms with E-state index in [-0.39, 0.29) is 29.3 Å². The third kappa shape index (κ3) is 6.85. The molecule has 3 aromatic carbocycles. The monoisotopic (exact) mass is 518 g/mol. The highest BCUT2D eigenvalue weighted by Crippen LogP contribution is 2.40. The molecular weight excluding hydrogens is 476 g/mol. The first-order chi connectivity index (χ1) is 17.7. The van der Waals surface area contributed by atoms with Crippen LogP contribution in [0, 0.1) is 0 Å². The normalized spacial score (nSPS) is 13.9. The van der Waals surface area contributed by atoms with E-state index >= 15 is 0 Å². The molecule has 37 heavy (non-hydrogen) atoms. The lowest BCUT2D eigenvalue weighted by atomic mass is 9.89. The number of Topliss-reactive ketones (excluding diaryl/α,β-unsaturated/α-hetero) is 1. The molecule has 0 spiro atoms. The molecule has 0 heterocycles. The summed E-state index contributed by atoms with van der Waals surface area (Å²) < 4.78 is 18.7. The fourth-order valence-corrected chi connectivity index (χ4v) is 9.89. The summed E-state index contributed by atoms with van der Waals surface area (Å²) in [7, 11) is -2.79. The molecule has 4 nitrogen and oxygen atoms in total. The zero-order valence-corrected chi connectivity index (χ0v) is 24.1. The minimum absolute atomic E-state index is 0.0598. The molecule has 0 aliphatic heterocycles. The van der Waals surface area contributed by atoms with Crippen LogP contribution < -0.4 is 10.4 Å². The second kappa shape index (κ2) is 13.3. The summed E-state index contributed by atoms with van der Waals surface area (Å²) >= 11 is 0. The Labute approximate surface area is 224 Å². The average molecular weight is 519 g/mol. The Morgan fingerprint density at radius 1 is 0.757 bits per heavy atom. The van der Waals surface area contributed by atoms with Gasteiger partial charge in [0.25, 0.3) is 8.32 Å². The third-order valence-corrected chi connectivity index (χ3v) is 12.0. The van der Waals surface area contributed by atoms with Gasteiger partial charge in [0.1, 0.15) is 0 Å². The molecule has 3 rings (SSSR count). The van der Waals surface area contributed by atoms with Crippen molar-refractivity contribution in [3.8, 4) is 0 Å². The van der Waals surface area contributed by atoms with Crippen LogP contribution in [0.5, 0.6) is 0 Å². The summed E-state index contributed by atoms with van der Waals surface area (Å²) in [6, 6.07) is 31.4. The van der Waals surface area contributed by atoms with E-state index in [1.165, 1.54) is 10.4 Å². The molecule has 3 aromatic rings. The van der Waals surface area contributed by atoms with Gasteiger partial charge in [0.15, 0.2) is 5.78 Å². The maximum absolute atomic E-state index is 13.4. The van der Waals surface area contributed by atoms with Crippen molar-refractivity contribution in [2.45, 2.75) is 71.3 Å². The fraction of sp³-hybridized carbons (Fsp3) is 0.406. The lowest BCUT2D eigenvalue weighted by Gasteiger charge is -2.46. The van der Waals surface area contributed by atoms with Gasteiger partial charge in [-0.1, -0.05) is 112 Å². The van der Waals surface area contributed by atoms with Crippen LogP contribution in [-0.2, 0) is 18.7 Å². The van der Waals surface area contributed by atoms with Crippen molar-refractivity contribution in [3.05, 3.63) is 96.6 Å². The molecule has 5 heteroatoms. The third-order valence-electron chi connectivity index (χ3n) is 6.89. The maximum Gasteiger partial charge on any atom is 0.261 e. The van der Waals surface area contributed by atoms with Crippen LogP contribution in [0.4, 0.5) is 0 Å². The van der Waals surface area contributed by atoms with Crippen LogP contribution in [0.1, 0.15) is 59.4 Å². The van der Waals surface area contributed by atoms with Crippen molar-refractivity contribution in [1.29, 1.82) is 0 Å². The minimum atomic E-state index is -2.79. The topological polar surface area (TPSA) is 44.8 Å². The second-order valence-electron chi connectivity index (χ2n) is 10.4. The van der Waals surface area contributed by atoms with Crippen molar-refractivity contribution in [2.24, 2.45) is 0 Å². The summed E-state index contributed by atoms with van der Waals surface area (Å²) in [6.45, 7) is 13.5. The molecule has 0 saturated carbocycles. The van der Waals surface area contributed by atoms with E-state index in [1.807, 2.05) is 44.2 Å². The number of rotatable bonds is 13. The molecule has 0 saturated heterocycles. The van der Waals surface area contributed by atoms with Crippen LogP contribution in [0.15, 0.2) is 91.0 Å². The molecule has 0 amide bonds. The minimum Gasteiger partial charge on any atom is -0.404 e. The predicted molar refractivity (Wildman–Crippen MR) is 154 cm³/mol. The average Bonchev–Trinajstić information content (AvgIpc) is 2.90. The molecule has 0 aliphatic carbocycles. The molecule has 0 N–H and O–H groups in total. The summed E-state index contributed by atoms with van der Waals surface area (Å²) in [5.74, 6) is -0.214. The molecule has 0 aliphatic rings. The summed E-state index contributed by atoms with van der Waals surface area (Å²) in [5, 5.41) is 2.29. The van der Waals surface area contributed by atoms with Crippen LogP contribution in [0.2, 0.25) is 5.04 Å². The van der Waals surface area contributed by atoms with E-state index < -0.39 is 14.6 Å². The standard InChI is InChI=1S/C32H42O4Si/c1-7-34-31(35-8-2)30(33)24-29(26-18-12-9-13-19-26)25(3)36-37(32(4,5)6,27-20-14-10-15-21-27)28-22-16-11-17-23-28/h9-23,25,29,31H,7-8,24H2,1-6H3/t25-,29-/m0/s1.